The van der Waals surface area contributed by atoms with Crippen LogP contribution in [0.25, 0.3) is 38.5 Å². The maximum Gasteiger partial charge on any atom is 0.222 e. The van der Waals surface area contributed by atoms with Crippen LogP contribution in [0, 0.1) is 6.92 Å². The van der Waals surface area contributed by atoms with E-state index in [2.05, 4.69) is 44.5 Å². The van der Waals surface area contributed by atoms with Crippen LogP contribution in [-0.2, 0) is 4.79 Å². The molecular formula is C31H21N7O2. The summed E-state index contributed by atoms with van der Waals surface area (Å²) in [6.45, 7) is 3.26. The third kappa shape index (κ3) is 3.11. The van der Waals surface area contributed by atoms with Crippen molar-refractivity contribution in [2.24, 2.45) is 0 Å². The van der Waals surface area contributed by atoms with Gasteiger partial charge in [-0.1, -0.05) is 30.3 Å². The van der Waals surface area contributed by atoms with Gasteiger partial charge in [0.15, 0.2) is 28.5 Å². The topological polar surface area (TPSA) is 97.5 Å². The van der Waals surface area contributed by atoms with Crippen molar-refractivity contribution >= 4 is 67.3 Å². The molecule has 9 heteroatoms. The fourth-order valence-electron chi connectivity index (χ4n) is 5.66. The lowest BCUT2D eigenvalue weighted by atomic mass is 10.0. The first-order valence-corrected chi connectivity index (χ1v) is 12.9. The zero-order chi connectivity index (χ0) is 27.0. The van der Waals surface area contributed by atoms with Crippen LogP contribution in [0.2, 0.25) is 0 Å². The molecule has 0 atom stereocenters. The maximum absolute atomic E-state index is 12.0. The van der Waals surface area contributed by atoms with Crippen molar-refractivity contribution in [2.75, 3.05) is 10.2 Å². The number of nitrogens with zero attached hydrogens (tertiary/aromatic N) is 6. The molecule has 1 amide bonds. The number of carbonyl (C=O) groups is 1. The SMILES string of the molecule is CC(=O)Nc1nc(C)nc2c1nc1c3cnccc3c3c(N4c5ccccc5Oc5ccccc54)cccc3n21. The van der Waals surface area contributed by atoms with Crippen molar-refractivity contribution in [2.45, 2.75) is 13.8 Å². The molecule has 7 aromatic rings. The van der Waals surface area contributed by atoms with Crippen molar-refractivity contribution < 1.29 is 9.53 Å². The van der Waals surface area contributed by atoms with Crippen molar-refractivity contribution in [3.05, 3.63) is 91.0 Å². The predicted molar refractivity (Wildman–Crippen MR) is 155 cm³/mol. The molecule has 0 radical (unpaired) electrons. The Morgan fingerprint density at radius 2 is 1.52 bits per heavy atom. The number of anilines is 4. The Morgan fingerprint density at radius 1 is 0.800 bits per heavy atom. The van der Waals surface area contributed by atoms with E-state index in [-0.39, 0.29) is 5.91 Å². The van der Waals surface area contributed by atoms with Gasteiger partial charge in [-0.3, -0.25) is 14.2 Å². The highest BCUT2D eigenvalue weighted by molar-refractivity contribution is 6.19. The van der Waals surface area contributed by atoms with Gasteiger partial charge in [0.2, 0.25) is 5.91 Å². The van der Waals surface area contributed by atoms with Gasteiger partial charge in [-0.25, -0.2) is 15.0 Å². The van der Waals surface area contributed by atoms with E-state index in [0.29, 0.717) is 28.5 Å². The van der Waals surface area contributed by atoms with E-state index in [0.717, 1.165) is 50.2 Å². The summed E-state index contributed by atoms with van der Waals surface area (Å²) in [6, 6.07) is 24.3. The number of amides is 1. The molecule has 1 aliphatic heterocycles. The van der Waals surface area contributed by atoms with Gasteiger partial charge in [0, 0.05) is 30.1 Å². The Bertz CT molecular complexity index is 2140. The van der Waals surface area contributed by atoms with E-state index in [1.165, 1.54) is 6.92 Å². The van der Waals surface area contributed by atoms with E-state index in [1.807, 2.05) is 66.1 Å². The van der Waals surface area contributed by atoms with Crippen LogP contribution in [0.5, 0.6) is 11.5 Å². The highest BCUT2D eigenvalue weighted by atomic mass is 16.5. The maximum atomic E-state index is 12.0. The van der Waals surface area contributed by atoms with Gasteiger partial charge in [0.05, 0.1) is 22.6 Å². The number of imidazole rings is 1. The molecular weight excluding hydrogens is 502 g/mol. The van der Waals surface area contributed by atoms with Gasteiger partial charge in [0.25, 0.3) is 0 Å². The van der Waals surface area contributed by atoms with Crippen LogP contribution in [0.3, 0.4) is 0 Å². The van der Waals surface area contributed by atoms with Crippen LogP contribution < -0.4 is 15.0 Å². The lowest BCUT2D eigenvalue weighted by Crippen LogP contribution is -2.16. The zero-order valence-electron chi connectivity index (χ0n) is 21.6. The first-order chi connectivity index (χ1) is 19.6. The summed E-state index contributed by atoms with van der Waals surface area (Å²) < 4.78 is 8.32. The Labute approximate surface area is 227 Å². The lowest BCUT2D eigenvalue weighted by Gasteiger charge is -2.33. The second-order valence-electron chi connectivity index (χ2n) is 9.71. The molecule has 0 saturated carbocycles. The molecule has 0 saturated heterocycles. The minimum atomic E-state index is -0.222. The molecule has 8 rings (SSSR count). The number of rotatable bonds is 2. The second kappa shape index (κ2) is 8.21. The quantitative estimate of drug-likeness (QED) is 0.248. The Morgan fingerprint density at radius 3 is 2.27 bits per heavy atom. The number of para-hydroxylation sites is 4. The Kier molecular flexibility index (Phi) is 4.60. The van der Waals surface area contributed by atoms with E-state index in [9.17, 15) is 4.79 Å². The summed E-state index contributed by atoms with van der Waals surface area (Å²) in [5, 5.41) is 5.70. The average Bonchev–Trinajstić information content (AvgIpc) is 3.35. The molecule has 0 bridgehead atoms. The smallest absolute Gasteiger partial charge is 0.222 e. The van der Waals surface area contributed by atoms with Gasteiger partial charge in [-0.15, -0.1) is 0 Å². The monoisotopic (exact) mass is 523 g/mol. The molecule has 5 heterocycles. The number of aryl methyl sites for hydroxylation is 1. The summed E-state index contributed by atoms with van der Waals surface area (Å²) in [5.74, 6) is 2.25. The third-order valence-electron chi connectivity index (χ3n) is 7.18. The first kappa shape index (κ1) is 22.4. The summed E-state index contributed by atoms with van der Waals surface area (Å²) in [6.07, 6.45) is 3.62. The molecule has 192 valence electrons. The van der Waals surface area contributed by atoms with Crippen LogP contribution in [0.15, 0.2) is 85.2 Å². The van der Waals surface area contributed by atoms with Crippen molar-refractivity contribution in [3.63, 3.8) is 0 Å². The van der Waals surface area contributed by atoms with Crippen LogP contribution in [-0.4, -0.2) is 30.2 Å². The van der Waals surface area contributed by atoms with E-state index >= 15 is 0 Å². The molecule has 4 aromatic heterocycles. The Hall–Kier alpha value is -5.57. The number of benzene rings is 3. The van der Waals surface area contributed by atoms with Crippen LogP contribution in [0.4, 0.5) is 22.9 Å². The number of aromatic nitrogens is 5. The lowest BCUT2D eigenvalue weighted by molar-refractivity contribution is -0.114. The van der Waals surface area contributed by atoms with Crippen LogP contribution in [0.1, 0.15) is 12.7 Å². The molecule has 0 fully saturated rings. The largest absolute Gasteiger partial charge is 0.453 e. The van der Waals surface area contributed by atoms with E-state index < -0.39 is 0 Å². The van der Waals surface area contributed by atoms with Gasteiger partial charge in [0.1, 0.15) is 11.5 Å². The average molecular weight is 524 g/mol. The minimum Gasteiger partial charge on any atom is -0.453 e. The standard InChI is InChI=1S/C31H21N7O2/c1-17-33-29(35-18(2)39)28-31(34-17)38-24-11-7-10-23(27(24)19-14-15-32-16-20(19)30(38)36-28)37-21-8-3-5-12-25(21)40-26-13-6-4-9-22(26)37/h3-16H,1-2H3,(H,33,34,35,39). The number of hydrogen-bond acceptors (Lipinski definition) is 7. The second-order valence-corrected chi connectivity index (χ2v) is 9.71. The number of nitrogens with one attached hydrogen (secondary N) is 1. The zero-order valence-corrected chi connectivity index (χ0v) is 21.6. The highest BCUT2D eigenvalue weighted by Gasteiger charge is 2.28. The summed E-state index contributed by atoms with van der Waals surface area (Å²) in [7, 11) is 0. The van der Waals surface area contributed by atoms with Crippen molar-refractivity contribution in [1.29, 1.82) is 0 Å². The predicted octanol–water partition coefficient (Wildman–Crippen LogP) is 6.82. The third-order valence-corrected chi connectivity index (χ3v) is 7.18. The molecule has 9 nitrogen and oxygen atoms in total. The molecule has 0 spiro atoms. The minimum absolute atomic E-state index is 0.222. The van der Waals surface area contributed by atoms with Gasteiger partial charge in [-0.2, -0.15) is 0 Å². The molecule has 3 aromatic carbocycles. The molecule has 40 heavy (non-hydrogen) atoms. The van der Waals surface area contributed by atoms with Gasteiger partial charge < -0.3 is 15.0 Å². The van der Waals surface area contributed by atoms with Crippen LogP contribution >= 0.6 is 0 Å². The first-order valence-electron chi connectivity index (χ1n) is 12.9. The highest BCUT2D eigenvalue weighted by Crippen LogP contribution is 2.52. The number of pyridine rings is 2. The normalized spacial score (nSPS) is 12.5. The number of fused-ring (bicyclic) bond motifs is 10. The molecule has 0 aliphatic carbocycles. The molecule has 1 N–H and O–H groups in total. The fourth-order valence-corrected chi connectivity index (χ4v) is 5.66. The summed E-state index contributed by atoms with van der Waals surface area (Å²) in [4.78, 5) is 32.9. The number of carbonyl (C=O) groups excluding carboxylic acids is 1. The van der Waals surface area contributed by atoms with Crippen molar-refractivity contribution in [1.82, 2.24) is 24.3 Å². The summed E-state index contributed by atoms with van der Waals surface area (Å²) in [5.41, 5.74) is 5.61. The Balaban J connectivity index is 1.55. The number of hydrogen-bond donors (Lipinski definition) is 1. The van der Waals surface area contributed by atoms with Crippen molar-refractivity contribution in [3.8, 4) is 11.5 Å². The fraction of sp³-hybridized carbons (Fsp3) is 0.0645. The molecule has 1 aliphatic rings. The molecule has 0 unspecified atom stereocenters. The summed E-state index contributed by atoms with van der Waals surface area (Å²) >= 11 is 0. The number of ether oxygens (including phenoxy) is 1. The van der Waals surface area contributed by atoms with E-state index in [1.54, 1.807) is 6.20 Å². The van der Waals surface area contributed by atoms with Gasteiger partial charge in [-0.05, 0) is 54.8 Å². The van der Waals surface area contributed by atoms with Gasteiger partial charge >= 0.3 is 0 Å². The van der Waals surface area contributed by atoms with E-state index in [4.69, 9.17) is 14.7 Å².